The summed E-state index contributed by atoms with van der Waals surface area (Å²) in [5.74, 6) is 0.856. The fourth-order valence-electron chi connectivity index (χ4n) is 3.31. The molecule has 4 rings (SSSR count). The summed E-state index contributed by atoms with van der Waals surface area (Å²) in [5, 5.41) is 0.881. The van der Waals surface area contributed by atoms with Crippen LogP contribution in [0.2, 0.25) is 0 Å². The molecule has 1 fully saturated rings. The van der Waals surface area contributed by atoms with Crippen LogP contribution in [0.3, 0.4) is 0 Å². The van der Waals surface area contributed by atoms with Crippen LogP contribution in [-0.4, -0.2) is 52.9 Å². The summed E-state index contributed by atoms with van der Waals surface area (Å²) in [6.45, 7) is 3.43. The van der Waals surface area contributed by atoms with Gasteiger partial charge in [-0.25, -0.2) is 13.4 Å². The normalized spacial score (nSPS) is 15.3. The maximum atomic E-state index is 12.0. The van der Waals surface area contributed by atoms with Gasteiger partial charge in [0.2, 0.25) is 0 Å². The number of ether oxygens (including phenoxy) is 1. The maximum absolute atomic E-state index is 12.0. The van der Waals surface area contributed by atoms with Crippen molar-refractivity contribution < 1.29 is 13.2 Å². The molecule has 0 amide bonds. The number of thiazole rings is 1. The third-order valence-electron chi connectivity index (χ3n) is 4.74. The van der Waals surface area contributed by atoms with Gasteiger partial charge in [0, 0.05) is 44.2 Å². The van der Waals surface area contributed by atoms with E-state index in [4.69, 9.17) is 4.74 Å². The third kappa shape index (κ3) is 3.59. The minimum Gasteiger partial charge on any atom is -0.497 e. The molecule has 6 nitrogen and oxygen atoms in total. The zero-order valence-corrected chi connectivity index (χ0v) is 16.9. The maximum Gasteiger partial charge on any atom is 0.186 e. The Hall–Kier alpha value is -2.32. The molecule has 0 radical (unpaired) electrons. The van der Waals surface area contributed by atoms with Crippen LogP contribution in [0, 0.1) is 0 Å². The highest BCUT2D eigenvalue weighted by molar-refractivity contribution is 7.91. The van der Waals surface area contributed by atoms with E-state index in [1.807, 2.05) is 24.3 Å². The van der Waals surface area contributed by atoms with Crippen molar-refractivity contribution in [3.63, 3.8) is 0 Å². The number of hydrogen-bond donors (Lipinski definition) is 0. The fraction of sp³-hybridized carbons (Fsp3) is 0.316. The predicted octanol–water partition coefficient (Wildman–Crippen LogP) is 3.04. The molecule has 0 bridgehead atoms. The second-order valence-corrected chi connectivity index (χ2v) is 9.54. The van der Waals surface area contributed by atoms with Crippen molar-refractivity contribution in [2.24, 2.45) is 0 Å². The van der Waals surface area contributed by atoms with Gasteiger partial charge in [-0.15, -0.1) is 0 Å². The first-order valence-electron chi connectivity index (χ1n) is 8.69. The van der Waals surface area contributed by atoms with Crippen LogP contribution in [0.25, 0.3) is 10.2 Å². The van der Waals surface area contributed by atoms with Gasteiger partial charge in [0.15, 0.2) is 15.0 Å². The number of sulfone groups is 1. The lowest BCUT2D eigenvalue weighted by molar-refractivity contribution is 0.414. The van der Waals surface area contributed by atoms with Gasteiger partial charge in [0.1, 0.15) is 11.3 Å². The molecule has 0 N–H and O–H groups in total. The summed E-state index contributed by atoms with van der Waals surface area (Å²) in [7, 11) is -1.62. The molecule has 1 aromatic heterocycles. The number of aromatic nitrogens is 1. The molecule has 0 atom stereocenters. The number of benzene rings is 2. The number of nitrogens with zero attached hydrogens (tertiary/aromatic N) is 3. The highest BCUT2D eigenvalue weighted by Crippen LogP contribution is 2.33. The number of anilines is 2. The third-order valence-corrected chi connectivity index (χ3v) is 6.95. The second kappa shape index (κ2) is 7.01. The lowest BCUT2D eigenvalue weighted by atomic mass is 10.2. The Labute approximate surface area is 162 Å². The molecule has 142 valence electrons. The zero-order valence-electron chi connectivity index (χ0n) is 15.3. The van der Waals surface area contributed by atoms with E-state index < -0.39 is 9.84 Å². The monoisotopic (exact) mass is 403 g/mol. The van der Waals surface area contributed by atoms with E-state index in [1.54, 1.807) is 30.6 Å². The molecule has 2 heterocycles. The van der Waals surface area contributed by atoms with Crippen LogP contribution in [0.4, 0.5) is 10.8 Å². The standard InChI is InChI=1S/C19H21N3O3S2/c1-25-15-6-3-5-14(13-15)21-9-11-22(12-10-21)19-20-18-16(26-19)7-4-8-17(18)27(2,23)24/h3-8,13H,9-12H2,1-2H3. The van der Waals surface area contributed by atoms with Gasteiger partial charge in [-0.05, 0) is 24.3 Å². The Bertz CT molecular complexity index is 1070. The van der Waals surface area contributed by atoms with Crippen molar-refractivity contribution in [3.8, 4) is 5.75 Å². The van der Waals surface area contributed by atoms with Crippen LogP contribution >= 0.6 is 11.3 Å². The van der Waals surface area contributed by atoms with E-state index in [2.05, 4.69) is 20.9 Å². The molecule has 1 aliphatic heterocycles. The molecule has 27 heavy (non-hydrogen) atoms. The molecule has 0 unspecified atom stereocenters. The summed E-state index contributed by atoms with van der Waals surface area (Å²) in [5.41, 5.74) is 1.73. The zero-order chi connectivity index (χ0) is 19.0. The Morgan fingerprint density at radius 2 is 1.74 bits per heavy atom. The number of rotatable bonds is 4. The Balaban J connectivity index is 1.54. The number of para-hydroxylation sites is 1. The van der Waals surface area contributed by atoms with Gasteiger partial charge in [-0.1, -0.05) is 23.5 Å². The number of methoxy groups -OCH3 is 1. The number of piperazine rings is 1. The van der Waals surface area contributed by atoms with Gasteiger partial charge in [0.25, 0.3) is 0 Å². The van der Waals surface area contributed by atoms with Crippen molar-refractivity contribution in [2.45, 2.75) is 4.90 Å². The van der Waals surface area contributed by atoms with E-state index >= 15 is 0 Å². The SMILES string of the molecule is COc1cccc(N2CCN(c3nc4c(S(C)(=O)=O)cccc4s3)CC2)c1. The van der Waals surface area contributed by atoms with Crippen LogP contribution in [-0.2, 0) is 9.84 Å². The molecule has 0 saturated carbocycles. The van der Waals surface area contributed by atoms with E-state index in [-0.39, 0.29) is 0 Å². The molecule has 0 spiro atoms. The van der Waals surface area contributed by atoms with Crippen LogP contribution in [0.5, 0.6) is 5.75 Å². The van der Waals surface area contributed by atoms with Crippen molar-refractivity contribution in [1.29, 1.82) is 0 Å². The molecule has 3 aromatic rings. The van der Waals surface area contributed by atoms with Crippen LogP contribution in [0.15, 0.2) is 47.4 Å². The van der Waals surface area contributed by atoms with E-state index in [0.717, 1.165) is 47.4 Å². The lowest BCUT2D eigenvalue weighted by Crippen LogP contribution is -2.46. The smallest absolute Gasteiger partial charge is 0.186 e. The average Bonchev–Trinajstić information content (AvgIpc) is 3.11. The number of fused-ring (bicyclic) bond motifs is 1. The summed E-state index contributed by atoms with van der Waals surface area (Å²) in [6.07, 6.45) is 1.23. The first-order chi connectivity index (χ1) is 13.0. The lowest BCUT2D eigenvalue weighted by Gasteiger charge is -2.36. The van der Waals surface area contributed by atoms with Gasteiger partial charge >= 0.3 is 0 Å². The molecule has 1 saturated heterocycles. The summed E-state index contributed by atoms with van der Waals surface area (Å²) in [4.78, 5) is 9.52. The molecular weight excluding hydrogens is 382 g/mol. The fourth-order valence-corrected chi connectivity index (χ4v) is 5.25. The molecular formula is C19H21N3O3S2. The summed E-state index contributed by atoms with van der Waals surface area (Å²) in [6, 6.07) is 13.4. The van der Waals surface area contributed by atoms with Gasteiger partial charge < -0.3 is 14.5 Å². The van der Waals surface area contributed by atoms with Crippen LogP contribution in [0.1, 0.15) is 0 Å². The molecule has 2 aromatic carbocycles. The van der Waals surface area contributed by atoms with Gasteiger partial charge in [-0.3, -0.25) is 0 Å². The van der Waals surface area contributed by atoms with Gasteiger partial charge in [-0.2, -0.15) is 0 Å². The van der Waals surface area contributed by atoms with Gasteiger partial charge in [0.05, 0.1) is 16.7 Å². The quantitative estimate of drug-likeness (QED) is 0.667. The minimum absolute atomic E-state index is 0.303. The first-order valence-corrected chi connectivity index (χ1v) is 11.4. The first kappa shape index (κ1) is 18.1. The largest absolute Gasteiger partial charge is 0.497 e. The minimum atomic E-state index is -3.29. The Morgan fingerprint density at radius 1 is 1.04 bits per heavy atom. The Kier molecular flexibility index (Phi) is 4.69. The summed E-state index contributed by atoms with van der Waals surface area (Å²) < 4.78 is 30.3. The van der Waals surface area contributed by atoms with E-state index in [1.165, 1.54) is 6.26 Å². The molecule has 8 heteroatoms. The van der Waals surface area contributed by atoms with E-state index in [9.17, 15) is 8.42 Å². The van der Waals surface area contributed by atoms with Crippen molar-refractivity contribution in [2.75, 3.05) is 49.3 Å². The topological polar surface area (TPSA) is 62.7 Å². The van der Waals surface area contributed by atoms with Crippen molar-refractivity contribution in [3.05, 3.63) is 42.5 Å². The number of hydrogen-bond acceptors (Lipinski definition) is 7. The predicted molar refractivity (Wildman–Crippen MR) is 110 cm³/mol. The molecule has 0 aliphatic carbocycles. The highest BCUT2D eigenvalue weighted by atomic mass is 32.2. The highest BCUT2D eigenvalue weighted by Gasteiger charge is 2.22. The Morgan fingerprint density at radius 3 is 2.44 bits per heavy atom. The summed E-state index contributed by atoms with van der Waals surface area (Å²) >= 11 is 1.55. The molecule has 1 aliphatic rings. The second-order valence-electron chi connectivity index (χ2n) is 6.55. The van der Waals surface area contributed by atoms with E-state index in [0.29, 0.717) is 10.4 Å². The average molecular weight is 404 g/mol. The van der Waals surface area contributed by atoms with Crippen molar-refractivity contribution in [1.82, 2.24) is 4.98 Å². The van der Waals surface area contributed by atoms with Crippen LogP contribution < -0.4 is 14.5 Å². The van der Waals surface area contributed by atoms with Crippen molar-refractivity contribution >= 4 is 42.2 Å².